The molecule has 0 spiro atoms. The molecule has 0 aliphatic carbocycles. The van der Waals surface area contributed by atoms with Gasteiger partial charge in [0.25, 0.3) is 10.0 Å². The quantitative estimate of drug-likeness (QED) is 0.251. The normalized spacial score (nSPS) is 12.9. The number of nitrogens with one attached hydrogen (secondary N) is 1. The van der Waals surface area contributed by atoms with Gasteiger partial charge < -0.3 is 10.2 Å². The van der Waals surface area contributed by atoms with Crippen molar-refractivity contribution in [2.75, 3.05) is 10.8 Å². The summed E-state index contributed by atoms with van der Waals surface area (Å²) in [5.41, 5.74) is 2.49. The van der Waals surface area contributed by atoms with E-state index in [4.69, 9.17) is 34.8 Å². The van der Waals surface area contributed by atoms with Crippen LogP contribution in [0.1, 0.15) is 43.9 Å². The Morgan fingerprint density at radius 2 is 1.54 bits per heavy atom. The van der Waals surface area contributed by atoms with Gasteiger partial charge in [0.05, 0.1) is 20.6 Å². The molecule has 0 unspecified atom stereocenters. The first-order chi connectivity index (χ1) is 19.2. The Hall–Kier alpha value is -2.78. The summed E-state index contributed by atoms with van der Waals surface area (Å²) in [5.74, 6) is -0.950. The molecule has 0 saturated carbocycles. The van der Waals surface area contributed by atoms with E-state index in [0.717, 1.165) is 15.4 Å². The lowest BCUT2D eigenvalue weighted by Gasteiger charge is -2.32. The maximum Gasteiger partial charge on any atom is 0.264 e. The van der Waals surface area contributed by atoms with Gasteiger partial charge >= 0.3 is 0 Å². The van der Waals surface area contributed by atoms with Crippen molar-refractivity contribution in [2.45, 2.75) is 64.6 Å². The van der Waals surface area contributed by atoms with Crippen molar-refractivity contribution in [3.63, 3.8) is 0 Å². The maximum atomic E-state index is 14.0. The first kappa shape index (κ1) is 32.7. The van der Waals surface area contributed by atoms with Gasteiger partial charge in [-0.15, -0.1) is 0 Å². The van der Waals surface area contributed by atoms with E-state index in [2.05, 4.69) is 5.32 Å². The largest absolute Gasteiger partial charge is 0.352 e. The van der Waals surface area contributed by atoms with Gasteiger partial charge in [0.1, 0.15) is 12.6 Å². The minimum atomic E-state index is -4.20. The number of nitrogens with zero attached hydrogens (tertiary/aromatic N) is 2. The minimum absolute atomic E-state index is 0.00210. The molecule has 0 heterocycles. The van der Waals surface area contributed by atoms with E-state index >= 15 is 0 Å². The van der Waals surface area contributed by atoms with Crippen LogP contribution in [0.3, 0.4) is 0 Å². The van der Waals surface area contributed by atoms with Crippen molar-refractivity contribution in [1.29, 1.82) is 0 Å². The Bertz CT molecular complexity index is 1510. The standard InChI is InChI=1S/C30H34Cl3N3O4S/c1-6-21(4)34-30(38)22(5)35(17-23-10-14-26(31)28(33)15-23)29(37)18-36(24-11-9-20(3)27(32)16-24)41(39,40)25-12-7-19(2)8-13-25/h7-16,21-22H,6,17-18H2,1-5H3,(H,34,38)/t21-,22+/m1/s1. The van der Waals surface area contributed by atoms with Gasteiger partial charge in [0, 0.05) is 17.6 Å². The van der Waals surface area contributed by atoms with Crippen LogP contribution in [-0.4, -0.2) is 43.8 Å². The number of rotatable bonds is 11. The number of sulfonamides is 1. The summed E-state index contributed by atoms with van der Waals surface area (Å²) in [6.07, 6.45) is 0.704. The lowest BCUT2D eigenvalue weighted by Crippen LogP contribution is -2.52. The number of aryl methyl sites for hydroxylation is 2. The van der Waals surface area contributed by atoms with Crippen molar-refractivity contribution in [3.05, 3.63) is 92.4 Å². The smallest absolute Gasteiger partial charge is 0.264 e. The summed E-state index contributed by atoms with van der Waals surface area (Å²) < 4.78 is 28.9. The highest BCUT2D eigenvalue weighted by molar-refractivity contribution is 7.92. The Labute approximate surface area is 257 Å². The second-order valence-electron chi connectivity index (χ2n) is 10.0. The molecule has 3 aromatic rings. The summed E-state index contributed by atoms with van der Waals surface area (Å²) in [7, 11) is -4.20. The topological polar surface area (TPSA) is 86.8 Å². The number of amides is 2. The maximum absolute atomic E-state index is 14.0. The Morgan fingerprint density at radius 3 is 2.12 bits per heavy atom. The van der Waals surface area contributed by atoms with Gasteiger partial charge in [-0.25, -0.2) is 8.42 Å². The molecule has 11 heteroatoms. The lowest BCUT2D eigenvalue weighted by molar-refractivity contribution is -0.139. The summed E-state index contributed by atoms with van der Waals surface area (Å²) in [6, 6.07) is 15.1. The molecule has 2 atom stereocenters. The first-order valence-corrected chi connectivity index (χ1v) is 15.7. The number of benzene rings is 3. The fraction of sp³-hybridized carbons (Fsp3) is 0.333. The Balaban J connectivity index is 2.06. The van der Waals surface area contributed by atoms with Crippen LogP contribution < -0.4 is 9.62 Å². The van der Waals surface area contributed by atoms with Crippen molar-refractivity contribution in [1.82, 2.24) is 10.2 Å². The van der Waals surface area contributed by atoms with E-state index < -0.39 is 28.5 Å². The van der Waals surface area contributed by atoms with E-state index in [1.165, 1.54) is 23.1 Å². The third kappa shape index (κ3) is 8.16. The second-order valence-corrected chi connectivity index (χ2v) is 13.1. The van der Waals surface area contributed by atoms with Crippen molar-refractivity contribution >= 4 is 62.3 Å². The van der Waals surface area contributed by atoms with Crippen molar-refractivity contribution in [2.24, 2.45) is 0 Å². The second kappa shape index (κ2) is 13.9. The zero-order valence-electron chi connectivity index (χ0n) is 23.6. The summed E-state index contributed by atoms with van der Waals surface area (Å²) in [4.78, 5) is 28.5. The van der Waals surface area contributed by atoms with E-state index in [9.17, 15) is 18.0 Å². The molecule has 3 rings (SSSR count). The monoisotopic (exact) mass is 637 g/mol. The molecule has 0 saturated heterocycles. The Morgan fingerprint density at radius 1 is 0.878 bits per heavy atom. The highest BCUT2D eigenvalue weighted by atomic mass is 35.5. The predicted molar refractivity (Wildman–Crippen MR) is 166 cm³/mol. The fourth-order valence-corrected chi connectivity index (χ4v) is 5.89. The van der Waals surface area contributed by atoms with Crippen LogP contribution in [0, 0.1) is 13.8 Å². The van der Waals surface area contributed by atoms with Gasteiger partial charge in [-0.2, -0.15) is 0 Å². The van der Waals surface area contributed by atoms with E-state index in [1.807, 2.05) is 20.8 Å². The molecule has 220 valence electrons. The van der Waals surface area contributed by atoms with Gasteiger partial charge in [-0.05, 0) is 81.6 Å². The van der Waals surface area contributed by atoms with E-state index in [0.29, 0.717) is 27.1 Å². The zero-order chi connectivity index (χ0) is 30.5. The molecule has 0 radical (unpaired) electrons. The van der Waals surface area contributed by atoms with Crippen LogP contribution in [0.5, 0.6) is 0 Å². The molecule has 3 aromatic carbocycles. The van der Waals surface area contributed by atoms with Crippen LogP contribution in [0.2, 0.25) is 15.1 Å². The molecule has 0 fully saturated rings. The predicted octanol–water partition coefficient (Wildman–Crippen LogP) is 6.79. The van der Waals surface area contributed by atoms with Gasteiger partial charge in [-0.3, -0.25) is 13.9 Å². The number of halogens is 3. The van der Waals surface area contributed by atoms with Crippen LogP contribution in [-0.2, 0) is 26.2 Å². The van der Waals surface area contributed by atoms with E-state index in [1.54, 1.807) is 56.3 Å². The number of carbonyl (C=O) groups is 2. The molecule has 0 bridgehead atoms. The number of carbonyl (C=O) groups excluding carboxylic acids is 2. The van der Waals surface area contributed by atoms with Crippen LogP contribution in [0.4, 0.5) is 5.69 Å². The molecule has 0 aliphatic rings. The molecule has 0 aromatic heterocycles. The van der Waals surface area contributed by atoms with Gasteiger partial charge in [0.15, 0.2) is 0 Å². The molecule has 41 heavy (non-hydrogen) atoms. The van der Waals surface area contributed by atoms with Crippen molar-refractivity contribution < 1.29 is 18.0 Å². The first-order valence-electron chi connectivity index (χ1n) is 13.1. The van der Waals surface area contributed by atoms with Gasteiger partial charge in [0.2, 0.25) is 11.8 Å². The average Bonchev–Trinajstić information content (AvgIpc) is 2.93. The fourth-order valence-electron chi connectivity index (χ4n) is 3.99. The molecule has 0 aliphatic heterocycles. The minimum Gasteiger partial charge on any atom is -0.352 e. The third-order valence-corrected chi connectivity index (χ3v) is 9.77. The molecule has 7 nitrogen and oxygen atoms in total. The van der Waals surface area contributed by atoms with Crippen LogP contribution in [0.25, 0.3) is 0 Å². The third-order valence-electron chi connectivity index (χ3n) is 6.84. The molecular formula is C30H34Cl3N3O4S. The average molecular weight is 639 g/mol. The zero-order valence-corrected chi connectivity index (χ0v) is 26.7. The lowest BCUT2D eigenvalue weighted by atomic mass is 10.1. The highest BCUT2D eigenvalue weighted by Gasteiger charge is 2.33. The molecule has 1 N–H and O–H groups in total. The SMILES string of the molecule is CC[C@@H](C)NC(=O)[C@H](C)N(Cc1ccc(Cl)c(Cl)c1)C(=O)CN(c1ccc(C)c(Cl)c1)S(=O)(=O)c1ccc(C)cc1. The van der Waals surface area contributed by atoms with Crippen molar-refractivity contribution in [3.8, 4) is 0 Å². The number of hydrogen-bond donors (Lipinski definition) is 1. The Kier molecular flexibility index (Phi) is 11.1. The number of anilines is 1. The molecule has 2 amide bonds. The van der Waals surface area contributed by atoms with E-state index in [-0.39, 0.29) is 29.1 Å². The summed E-state index contributed by atoms with van der Waals surface area (Å²) in [6.45, 7) is 8.49. The molecular weight excluding hydrogens is 605 g/mol. The van der Waals surface area contributed by atoms with Gasteiger partial charge in [-0.1, -0.05) is 71.6 Å². The highest BCUT2D eigenvalue weighted by Crippen LogP contribution is 2.29. The summed E-state index contributed by atoms with van der Waals surface area (Å²) >= 11 is 18.7. The summed E-state index contributed by atoms with van der Waals surface area (Å²) in [5, 5.41) is 3.90. The van der Waals surface area contributed by atoms with Crippen LogP contribution in [0.15, 0.2) is 65.6 Å². The number of hydrogen-bond acceptors (Lipinski definition) is 4. The van der Waals surface area contributed by atoms with Crippen LogP contribution >= 0.6 is 34.8 Å².